The summed E-state index contributed by atoms with van der Waals surface area (Å²) in [5.74, 6) is -2.11. The molecule has 1 aliphatic heterocycles. The van der Waals surface area contributed by atoms with Gasteiger partial charge >= 0.3 is 5.97 Å². The van der Waals surface area contributed by atoms with Crippen LogP contribution in [0.5, 0.6) is 5.75 Å². The number of amides is 2. The van der Waals surface area contributed by atoms with Crippen molar-refractivity contribution in [3.63, 3.8) is 0 Å². The summed E-state index contributed by atoms with van der Waals surface area (Å²) in [6.45, 7) is 0.151. The molecule has 0 saturated carbocycles. The molecule has 2 aromatic carbocycles. The molecule has 0 aromatic heterocycles. The number of methoxy groups -OCH3 is 1. The van der Waals surface area contributed by atoms with Crippen LogP contribution < -0.4 is 10.1 Å². The Morgan fingerprint density at radius 1 is 1.11 bits per heavy atom. The number of benzene rings is 2. The maximum Gasteiger partial charge on any atom is 0.339 e. The maximum atomic E-state index is 13.5. The van der Waals surface area contributed by atoms with E-state index in [9.17, 15) is 18.8 Å². The van der Waals surface area contributed by atoms with E-state index in [1.165, 1.54) is 30.2 Å². The molecule has 0 radical (unpaired) electrons. The van der Waals surface area contributed by atoms with Crippen molar-refractivity contribution in [3.8, 4) is 5.75 Å². The number of nitrogens with zero attached hydrogens (tertiary/aromatic N) is 1. The number of carbonyl (C=O) groups is 3. The first-order valence-electron chi connectivity index (χ1n) is 8.63. The number of rotatable bonds is 6. The number of likely N-dealkylation sites (tertiary alicyclic amines) is 1. The van der Waals surface area contributed by atoms with Crippen molar-refractivity contribution in [2.24, 2.45) is 5.92 Å². The number of carbonyl (C=O) groups excluding carboxylic acids is 3. The first-order valence-corrected chi connectivity index (χ1v) is 8.63. The van der Waals surface area contributed by atoms with Crippen molar-refractivity contribution in [1.82, 2.24) is 4.90 Å². The molecule has 2 amide bonds. The molecular formula is C20H19FN2O5. The predicted molar refractivity (Wildman–Crippen MR) is 98.4 cm³/mol. The predicted octanol–water partition coefficient (Wildman–Crippen LogP) is 2.09. The van der Waals surface area contributed by atoms with Gasteiger partial charge in [-0.3, -0.25) is 9.59 Å². The van der Waals surface area contributed by atoms with E-state index in [0.29, 0.717) is 5.69 Å². The molecule has 1 aliphatic rings. The molecule has 0 atom stereocenters. The van der Waals surface area contributed by atoms with E-state index in [1.807, 2.05) is 0 Å². The van der Waals surface area contributed by atoms with Crippen LogP contribution in [0.1, 0.15) is 10.4 Å². The summed E-state index contributed by atoms with van der Waals surface area (Å²) in [5.41, 5.74) is 0.607. The van der Waals surface area contributed by atoms with Crippen LogP contribution in [-0.2, 0) is 14.3 Å². The van der Waals surface area contributed by atoms with E-state index >= 15 is 0 Å². The van der Waals surface area contributed by atoms with Crippen LogP contribution in [-0.4, -0.2) is 49.5 Å². The summed E-state index contributed by atoms with van der Waals surface area (Å²) >= 11 is 0. The van der Waals surface area contributed by atoms with Crippen LogP contribution in [0, 0.1) is 11.7 Å². The molecule has 7 nitrogen and oxygen atoms in total. The summed E-state index contributed by atoms with van der Waals surface area (Å²) in [6.07, 6.45) is 0. The SMILES string of the molecule is COC(=O)c1ccccc1NC(=O)C1CN(C(=O)COc2ccccc2F)C1. The lowest BCUT2D eigenvalue weighted by Crippen LogP contribution is -2.55. The van der Waals surface area contributed by atoms with E-state index in [1.54, 1.807) is 30.3 Å². The van der Waals surface area contributed by atoms with Crippen LogP contribution in [0.15, 0.2) is 48.5 Å². The lowest BCUT2D eigenvalue weighted by atomic mass is 9.98. The standard InChI is InChI=1S/C20H19FN2O5/c1-27-20(26)14-6-2-4-8-16(14)22-19(25)13-10-23(11-13)18(24)12-28-17-9-5-3-7-15(17)21/h2-9,13H,10-12H2,1H3,(H,22,25). The lowest BCUT2D eigenvalue weighted by Gasteiger charge is -2.38. The van der Waals surface area contributed by atoms with E-state index < -0.39 is 17.7 Å². The topological polar surface area (TPSA) is 84.9 Å². The Morgan fingerprint density at radius 2 is 1.79 bits per heavy atom. The van der Waals surface area contributed by atoms with Gasteiger partial charge in [0.15, 0.2) is 18.2 Å². The largest absolute Gasteiger partial charge is 0.481 e. The van der Waals surface area contributed by atoms with Gasteiger partial charge in [0.2, 0.25) is 5.91 Å². The van der Waals surface area contributed by atoms with E-state index in [2.05, 4.69) is 5.32 Å². The molecule has 3 rings (SSSR count). The number of anilines is 1. The van der Waals surface area contributed by atoms with Crippen molar-refractivity contribution < 1.29 is 28.2 Å². The monoisotopic (exact) mass is 386 g/mol. The van der Waals surface area contributed by atoms with Gasteiger partial charge in [-0.25, -0.2) is 9.18 Å². The van der Waals surface area contributed by atoms with Crippen molar-refractivity contribution in [2.45, 2.75) is 0 Å². The van der Waals surface area contributed by atoms with Crippen LogP contribution in [0.2, 0.25) is 0 Å². The highest BCUT2D eigenvalue weighted by Crippen LogP contribution is 2.22. The van der Waals surface area contributed by atoms with Gasteiger partial charge in [0.05, 0.1) is 24.3 Å². The number of esters is 1. The van der Waals surface area contributed by atoms with E-state index in [0.717, 1.165) is 0 Å². The van der Waals surface area contributed by atoms with Crippen molar-refractivity contribution >= 4 is 23.5 Å². The van der Waals surface area contributed by atoms with Gasteiger partial charge in [-0.2, -0.15) is 0 Å². The van der Waals surface area contributed by atoms with Crippen LogP contribution >= 0.6 is 0 Å². The zero-order chi connectivity index (χ0) is 20.1. The fraction of sp³-hybridized carbons (Fsp3) is 0.250. The van der Waals surface area contributed by atoms with E-state index in [-0.39, 0.29) is 42.8 Å². The van der Waals surface area contributed by atoms with Gasteiger partial charge in [0.1, 0.15) is 0 Å². The zero-order valence-electron chi connectivity index (χ0n) is 15.2. The molecule has 8 heteroatoms. The molecule has 146 valence electrons. The first kappa shape index (κ1) is 19.3. The second-order valence-electron chi connectivity index (χ2n) is 6.24. The lowest BCUT2D eigenvalue weighted by molar-refractivity contribution is -0.143. The molecule has 0 aliphatic carbocycles. The average molecular weight is 386 g/mol. The van der Waals surface area contributed by atoms with Crippen LogP contribution in [0.25, 0.3) is 0 Å². The number of hydrogen-bond donors (Lipinski definition) is 1. The van der Waals surface area contributed by atoms with E-state index in [4.69, 9.17) is 9.47 Å². The molecule has 1 heterocycles. The van der Waals surface area contributed by atoms with Crippen molar-refractivity contribution in [1.29, 1.82) is 0 Å². The smallest absolute Gasteiger partial charge is 0.339 e. The number of ether oxygens (including phenoxy) is 2. The Labute approximate surface area is 161 Å². The molecule has 1 N–H and O–H groups in total. The molecule has 1 saturated heterocycles. The summed E-state index contributed by atoms with van der Waals surface area (Å²) in [4.78, 5) is 37.7. The number of nitrogens with one attached hydrogen (secondary N) is 1. The van der Waals surface area contributed by atoms with Crippen LogP contribution in [0.3, 0.4) is 0 Å². The summed E-state index contributed by atoms with van der Waals surface area (Å²) in [6, 6.07) is 12.3. The maximum absolute atomic E-state index is 13.5. The van der Waals surface area contributed by atoms with Gasteiger partial charge in [-0.05, 0) is 24.3 Å². The normalized spacial score (nSPS) is 13.4. The average Bonchev–Trinajstić information content (AvgIpc) is 2.66. The second-order valence-corrected chi connectivity index (χ2v) is 6.24. The van der Waals surface area contributed by atoms with Gasteiger partial charge in [-0.1, -0.05) is 24.3 Å². The number of hydrogen-bond acceptors (Lipinski definition) is 5. The van der Waals surface area contributed by atoms with Gasteiger partial charge in [0, 0.05) is 13.1 Å². The minimum absolute atomic E-state index is 0.00471. The zero-order valence-corrected chi connectivity index (χ0v) is 15.2. The fourth-order valence-electron chi connectivity index (χ4n) is 2.76. The number of para-hydroxylation sites is 2. The molecule has 2 aromatic rings. The minimum atomic E-state index is -0.549. The molecule has 1 fully saturated rings. The Morgan fingerprint density at radius 3 is 2.50 bits per heavy atom. The fourth-order valence-corrected chi connectivity index (χ4v) is 2.76. The van der Waals surface area contributed by atoms with Crippen molar-refractivity contribution in [3.05, 3.63) is 59.9 Å². The highest BCUT2D eigenvalue weighted by Gasteiger charge is 2.36. The van der Waals surface area contributed by atoms with Crippen LogP contribution in [0.4, 0.5) is 10.1 Å². The first-order chi connectivity index (χ1) is 13.5. The molecule has 0 bridgehead atoms. The summed E-state index contributed by atoms with van der Waals surface area (Å²) in [5, 5.41) is 2.69. The second kappa shape index (κ2) is 8.51. The molecular weight excluding hydrogens is 367 g/mol. The van der Waals surface area contributed by atoms with Crippen molar-refractivity contribution in [2.75, 3.05) is 32.1 Å². The highest BCUT2D eigenvalue weighted by molar-refractivity contribution is 6.02. The molecule has 0 spiro atoms. The molecule has 28 heavy (non-hydrogen) atoms. The Bertz CT molecular complexity index is 896. The third kappa shape index (κ3) is 4.28. The minimum Gasteiger partial charge on any atom is -0.481 e. The number of halogens is 1. The van der Waals surface area contributed by atoms with Gasteiger partial charge in [0.25, 0.3) is 5.91 Å². The van der Waals surface area contributed by atoms with Gasteiger partial charge < -0.3 is 19.7 Å². The third-order valence-corrected chi connectivity index (χ3v) is 4.38. The third-order valence-electron chi connectivity index (χ3n) is 4.38. The molecule has 0 unspecified atom stereocenters. The Hall–Kier alpha value is -3.42. The Kier molecular flexibility index (Phi) is 5.88. The Balaban J connectivity index is 1.50. The van der Waals surface area contributed by atoms with Gasteiger partial charge in [-0.15, -0.1) is 0 Å². The summed E-state index contributed by atoms with van der Waals surface area (Å²) in [7, 11) is 1.26. The highest BCUT2D eigenvalue weighted by atomic mass is 19.1. The quantitative estimate of drug-likeness (QED) is 0.769. The summed E-state index contributed by atoms with van der Waals surface area (Å²) < 4.78 is 23.4.